The Labute approximate surface area is 116 Å². The van der Waals surface area contributed by atoms with Gasteiger partial charge in [-0.3, -0.25) is 0 Å². The number of aromatic carboxylic acids is 1. The van der Waals surface area contributed by atoms with Crippen LogP contribution in [-0.2, 0) is 0 Å². The van der Waals surface area contributed by atoms with Crippen LogP contribution < -0.4 is 10.6 Å². The number of hydrogen-bond donors (Lipinski definition) is 3. The van der Waals surface area contributed by atoms with Crippen LogP contribution >= 0.6 is 11.6 Å². The molecule has 2 amide bonds. The highest BCUT2D eigenvalue weighted by Gasteiger charge is 2.17. The summed E-state index contributed by atoms with van der Waals surface area (Å²) in [6.07, 6.45) is 5.24. The van der Waals surface area contributed by atoms with Crippen molar-refractivity contribution in [2.75, 3.05) is 5.32 Å². The Hall–Kier alpha value is -2.19. The highest BCUT2D eigenvalue weighted by atomic mass is 35.5. The van der Waals surface area contributed by atoms with Crippen molar-refractivity contribution in [3.05, 3.63) is 28.8 Å². The monoisotopic (exact) mass is 280 g/mol. The minimum absolute atomic E-state index is 0.0148. The van der Waals surface area contributed by atoms with E-state index in [0.29, 0.717) is 0 Å². The lowest BCUT2D eigenvalue weighted by atomic mass is 10.1. The number of nitrogens with one attached hydrogen (secondary N) is 2. The Morgan fingerprint density at radius 2 is 2.00 bits per heavy atom. The maximum absolute atomic E-state index is 11.7. The second-order valence-corrected chi connectivity index (χ2v) is 4.82. The largest absolute Gasteiger partial charge is 0.478 e. The highest BCUT2D eigenvalue weighted by Crippen LogP contribution is 2.19. The zero-order valence-corrected chi connectivity index (χ0v) is 11.2. The third kappa shape index (κ3) is 4.53. The van der Waals surface area contributed by atoms with Crippen LogP contribution in [0.5, 0.6) is 0 Å². The fourth-order valence-corrected chi connectivity index (χ4v) is 1.50. The molecule has 0 atom stereocenters. The summed E-state index contributed by atoms with van der Waals surface area (Å²) >= 11 is 5.77. The van der Waals surface area contributed by atoms with Crippen LogP contribution in [0.15, 0.2) is 18.2 Å². The van der Waals surface area contributed by atoms with E-state index in [4.69, 9.17) is 23.1 Å². The normalized spacial score (nSPS) is 10.4. The maximum Gasteiger partial charge on any atom is 0.335 e. The Kier molecular flexibility index (Phi) is 4.41. The van der Waals surface area contributed by atoms with Gasteiger partial charge in [-0.15, -0.1) is 6.42 Å². The molecule has 100 valence electrons. The second-order valence-electron chi connectivity index (χ2n) is 4.38. The van der Waals surface area contributed by atoms with Crippen molar-refractivity contribution in [1.82, 2.24) is 5.32 Å². The van der Waals surface area contributed by atoms with E-state index in [-0.39, 0.29) is 16.3 Å². The second kappa shape index (κ2) is 5.63. The lowest BCUT2D eigenvalue weighted by Gasteiger charge is -2.20. The van der Waals surface area contributed by atoms with Crippen molar-refractivity contribution >= 4 is 29.3 Å². The van der Waals surface area contributed by atoms with Gasteiger partial charge in [0.1, 0.15) is 0 Å². The molecule has 0 aromatic heterocycles. The number of terminal acetylenes is 1. The van der Waals surface area contributed by atoms with Gasteiger partial charge in [0.2, 0.25) is 0 Å². The van der Waals surface area contributed by atoms with Crippen LogP contribution in [0.25, 0.3) is 0 Å². The summed E-state index contributed by atoms with van der Waals surface area (Å²) in [6, 6.07) is 3.49. The van der Waals surface area contributed by atoms with Crippen LogP contribution in [-0.4, -0.2) is 22.6 Å². The minimum Gasteiger partial charge on any atom is -0.478 e. The number of carboxylic acids is 1. The fourth-order valence-electron chi connectivity index (χ4n) is 1.27. The molecule has 5 nitrogen and oxygen atoms in total. The van der Waals surface area contributed by atoms with Gasteiger partial charge >= 0.3 is 12.0 Å². The molecule has 0 aliphatic rings. The Balaban J connectivity index is 2.86. The van der Waals surface area contributed by atoms with Crippen LogP contribution in [0.3, 0.4) is 0 Å². The van der Waals surface area contributed by atoms with Crippen molar-refractivity contribution in [1.29, 1.82) is 0 Å². The van der Waals surface area contributed by atoms with Gasteiger partial charge in [-0.05, 0) is 32.0 Å². The zero-order valence-electron chi connectivity index (χ0n) is 10.5. The molecular formula is C13H13ClN2O3. The number of rotatable bonds is 3. The molecule has 6 heteroatoms. The molecule has 0 saturated heterocycles. The van der Waals surface area contributed by atoms with Gasteiger partial charge in [0.05, 0.1) is 11.1 Å². The summed E-state index contributed by atoms with van der Waals surface area (Å²) in [4.78, 5) is 22.5. The Morgan fingerprint density at radius 3 is 2.53 bits per heavy atom. The van der Waals surface area contributed by atoms with E-state index in [1.165, 1.54) is 18.2 Å². The van der Waals surface area contributed by atoms with Crippen LogP contribution in [0.4, 0.5) is 10.5 Å². The van der Waals surface area contributed by atoms with E-state index >= 15 is 0 Å². The summed E-state index contributed by atoms with van der Waals surface area (Å²) in [7, 11) is 0. The molecule has 0 aliphatic heterocycles. The van der Waals surface area contributed by atoms with E-state index in [1.54, 1.807) is 13.8 Å². The number of hydrogen-bond acceptors (Lipinski definition) is 2. The predicted octanol–water partition coefficient (Wildman–Crippen LogP) is 2.57. The van der Waals surface area contributed by atoms with E-state index in [2.05, 4.69) is 16.6 Å². The van der Waals surface area contributed by atoms with Crippen molar-refractivity contribution in [3.8, 4) is 12.3 Å². The van der Waals surface area contributed by atoms with E-state index < -0.39 is 17.5 Å². The van der Waals surface area contributed by atoms with Gasteiger partial charge < -0.3 is 15.7 Å². The number of benzene rings is 1. The minimum atomic E-state index is -1.13. The smallest absolute Gasteiger partial charge is 0.335 e. The molecule has 0 aliphatic carbocycles. The molecule has 0 spiro atoms. The first kappa shape index (κ1) is 14.9. The Morgan fingerprint density at radius 1 is 1.37 bits per heavy atom. The van der Waals surface area contributed by atoms with Crippen LogP contribution in [0, 0.1) is 12.3 Å². The maximum atomic E-state index is 11.7. The van der Waals surface area contributed by atoms with Gasteiger partial charge in [-0.1, -0.05) is 17.5 Å². The molecule has 19 heavy (non-hydrogen) atoms. The molecule has 0 saturated carbocycles. The first-order valence-corrected chi connectivity index (χ1v) is 5.72. The first-order valence-electron chi connectivity index (χ1n) is 5.34. The molecule has 3 N–H and O–H groups in total. The molecule has 0 heterocycles. The number of amides is 2. The molecule has 1 aromatic carbocycles. The molecule has 0 radical (unpaired) electrons. The van der Waals surface area contributed by atoms with E-state index in [9.17, 15) is 9.59 Å². The van der Waals surface area contributed by atoms with Crippen LogP contribution in [0.2, 0.25) is 5.02 Å². The first-order chi connectivity index (χ1) is 8.73. The predicted molar refractivity (Wildman–Crippen MR) is 73.5 cm³/mol. The number of carboxylic acid groups (broad SMARTS) is 1. The number of halogens is 1. The average Bonchev–Trinajstić information content (AvgIpc) is 2.27. The topological polar surface area (TPSA) is 78.4 Å². The van der Waals surface area contributed by atoms with Crippen molar-refractivity contribution in [3.63, 3.8) is 0 Å². The summed E-state index contributed by atoms with van der Waals surface area (Å²) in [5, 5.41) is 14.1. The number of anilines is 1. The summed E-state index contributed by atoms with van der Waals surface area (Å²) in [6.45, 7) is 3.32. The average molecular weight is 281 g/mol. The number of carbonyl (C=O) groups is 2. The van der Waals surface area contributed by atoms with Crippen molar-refractivity contribution < 1.29 is 14.7 Å². The quantitative estimate of drug-likeness (QED) is 0.745. The zero-order chi connectivity index (χ0) is 14.6. The third-order valence-corrected chi connectivity index (χ3v) is 2.41. The lowest BCUT2D eigenvalue weighted by molar-refractivity contribution is 0.0697. The van der Waals surface area contributed by atoms with Crippen molar-refractivity contribution in [2.24, 2.45) is 0 Å². The number of carbonyl (C=O) groups excluding carboxylic acids is 1. The van der Waals surface area contributed by atoms with Gasteiger partial charge in [0.25, 0.3) is 0 Å². The summed E-state index contributed by atoms with van der Waals surface area (Å²) in [5.74, 6) is 1.28. The molecule has 1 rings (SSSR count). The SMILES string of the molecule is C#CC(C)(C)NC(=O)Nc1cc(Cl)cc(C(=O)O)c1. The van der Waals surface area contributed by atoms with Crippen LogP contribution in [0.1, 0.15) is 24.2 Å². The fraction of sp³-hybridized carbons (Fsp3) is 0.231. The van der Waals surface area contributed by atoms with Gasteiger partial charge in [-0.25, -0.2) is 9.59 Å². The lowest BCUT2D eigenvalue weighted by Crippen LogP contribution is -2.44. The van der Waals surface area contributed by atoms with Gasteiger partial charge in [-0.2, -0.15) is 0 Å². The molecule has 0 bridgehead atoms. The molecule has 0 fully saturated rings. The highest BCUT2D eigenvalue weighted by molar-refractivity contribution is 6.31. The van der Waals surface area contributed by atoms with E-state index in [0.717, 1.165) is 0 Å². The molecule has 1 aromatic rings. The van der Waals surface area contributed by atoms with E-state index in [1.807, 2.05) is 0 Å². The molecule has 0 unspecified atom stereocenters. The number of urea groups is 1. The Bertz CT molecular complexity index is 561. The molecular weight excluding hydrogens is 268 g/mol. The third-order valence-electron chi connectivity index (χ3n) is 2.19. The summed E-state index contributed by atoms with van der Waals surface area (Å²) in [5.41, 5.74) is -0.549. The van der Waals surface area contributed by atoms with Crippen molar-refractivity contribution in [2.45, 2.75) is 19.4 Å². The van der Waals surface area contributed by atoms with Gasteiger partial charge in [0.15, 0.2) is 0 Å². The summed E-state index contributed by atoms with van der Waals surface area (Å²) < 4.78 is 0. The van der Waals surface area contributed by atoms with Gasteiger partial charge in [0, 0.05) is 10.7 Å². The standard InChI is InChI=1S/C13H13ClN2O3/c1-4-13(2,3)16-12(19)15-10-6-8(11(17)18)5-9(14)7-10/h1,5-7H,2-3H3,(H,17,18)(H2,15,16,19).